The summed E-state index contributed by atoms with van der Waals surface area (Å²) in [5.41, 5.74) is 4.33. The third-order valence-corrected chi connectivity index (χ3v) is 8.35. The number of carboxylic acids is 1. The number of carbonyl (C=O) groups excluding carboxylic acids is 2. The zero-order valence-corrected chi connectivity index (χ0v) is 18.8. The first-order valence-electron chi connectivity index (χ1n) is 12.1. The maximum absolute atomic E-state index is 12.9. The van der Waals surface area contributed by atoms with Crippen LogP contribution in [0.15, 0.2) is 48.5 Å². The molecule has 2 amide bonds. The predicted molar refractivity (Wildman–Crippen MR) is 124 cm³/mol. The van der Waals surface area contributed by atoms with Gasteiger partial charge >= 0.3 is 12.1 Å². The number of benzene rings is 2. The lowest BCUT2D eigenvalue weighted by Gasteiger charge is -2.34. The van der Waals surface area contributed by atoms with Gasteiger partial charge in [0, 0.05) is 18.0 Å². The number of fused-ring (bicyclic) bond motifs is 4. The lowest BCUT2D eigenvalue weighted by atomic mass is 9.80. The standard InChI is InChI=1S/C27H28N2O5/c30-24(31)15-9-17(10-15)28-25(32)27-12-16(27)11-18(13-27)29-26(33)34-14-23-21-7-3-1-5-19(21)20-6-2-4-8-22(20)23/h1-8,15-18,23H,9-14H2,(H,28,32)(H,29,33)(H,30,31)/t15?,16-,17?,18+,27+/m1/s1. The van der Waals surface area contributed by atoms with E-state index in [-0.39, 0.29) is 42.4 Å². The first kappa shape index (κ1) is 21.2. The second kappa shape index (κ2) is 7.86. The van der Waals surface area contributed by atoms with Crippen molar-refractivity contribution in [3.05, 3.63) is 59.7 Å². The molecule has 7 nitrogen and oxygen atoms in total. The summed E-state index contributed by atoms with van der Waals surface area (Å²) in [6.45, 7) is 0.272. The molecule has 3 N–H and O–H groups in total. The maximum Gasteiger partial charge on any atom is 0.407 e. The van der Waals surface area contributed by atoms with Gasteiger partial charge in [0.2, 0.25) is 5.91 Å². The van der Waals surface area contributed by atoms with E-state index in [1.807, 2.05) is 24.3 Å². The van der Waals surface area contributed by atoms with Crippen molar-refractivity contribution in [3.63, 3.8) is 0 Å². The quantitative estimate of drug-likeness (QED) is 0.610. The second-order valence-electron chi connectivity index (χ2n) is 10.3. The van der Waals surface area contributed by atoms with Gasteiger partial charge in [0.25, 0.3) is 0 Å². The van der Waals surface area contributed by atoms with Crippen LogP contribution in [0.3, 0.4) is 0 Å². The maximum atomic E-state index is 12.9. The summed E-state index contributed by atoms with van der Waals surface area (Å²) >= 11 is 0. The number of hydrogen-bond donors (Lipinski definition) is 3. The summed E-state index contributed by atoms with van der Waals surface area (Å²) in [5, 5.41) is 15.0. The number of carbonyl (C=O) groups is 3. The molecule has 0 saturated heterocycles. The third-order valence-electron chi connectivity index (χ3n) is 8.35. The molecule has 3 atom stereocenters. The van der Waals surface area contributed by atoms with Crippen molar-refractivity contribution in [2.24, 2.45) is 17.3 Å². The number of rotatable bonds is 6. The largest absolute Gasteiger partial charge is 0.481 e. The summed E-state index contributed by atoms with van der Waals surface area (Å²) in [6.07, 6.45) is 2.80. The number of nitrogens with one attached hydrogen (secondary N) is 2. The van der Waals surface area contributed by atoms with Crippen molar-refractivity contribution in [3.8, 4) is 11.1 Å². The van der Waals surface area contributed by atoms with E-state index in [1.54, 1.807) is 0 Å². The van der Waals surface area contributed by atoms with Gasteiger partial charge in [-0.15, -0.1) is 0 Å². The zero-order valence-electron chi connectivity index (χ0n) is 18.8. The average molecular weight is 461 g/mol. The van der Waals surface area contributed by atoms with Crippen LogP contribution in [-0.4, -0.2) is 41.8 Å². The molecule has 7 heteroatoms. The second-order valence-corrected chi connectivity index (χ2v) is 10.3. The first-order valence-corrected chi connectivity index (χ1v) is 12.1. The predicted octanol–water partition coefficient (Wildman–Crippen LogP) is 3.67. The summed E-state index contributed by atoms with van der Waals surface area (Å²) in [6, 6.07) is 16.4. The van der Waals surface area contributed by atoms with Crippen molar-refractivity contribution in [2.45, 2.75) is 50.1 Å². The molecular formula is C27H28N2O5. The molecule has 0 radical (unpaired) electrons. The molecule has 2 aromatic rings. The molecule has 4 aliphatic rings. The third kappa shape index (κ3) is 3.45. The molecule has 2 aromatic carbocycles. The molecule has 34 heavy (non-hydrogen) atoms. The summed E-state index contributed by atoms with van der Waals surface area (Å²) < 4.78 is 5.66. The van der Waals surface area contributed by atoms with Crippen LogP contribution in [0.4, 0.5) is 4.79 Å². The molecule has 0 heterocycles. The highest BCUT2D eigenvalue weighted by Crippen LogP contribution is 2.63. The number of ether oxygens (including phenoxy) is 1. The Bertz CT molecular complexity index is 1130. The van der Waals surface area contributed by atoms with E-state index >= 15 is 0 Å². The van der Waals surface area contributed by atoms with Gasteiger partial charge in [0.1, 0.15) is 6.61 Å². The van der Waals surface area contributed by atoms with Crippen LogP contribution >= 0.6 is 0 Å². The number of alkyl carbamates (subject to hydrolysis) is 1. The van der Waals surface area contributed by atoms with E-state index in [0.29, 0.717) is 19.3 Å². The number of carboxylic acid groups (broad SMARTS) is 1. The summed E-state index contributed by atoms with van der Waals surface area (Å²) in [4.78, 5) is 36.4. The Morgan fingerprint density at radius 2 is 1.53 bits per heavy atom. The normalized spacial score (nSPS) is 30.4. The first-order chi connectivity index (χ1) is 16.4. The van der Waals surface area contributed by atoms with Gasteiger partial charge in [-0.3, -0.25) is 9.59 Å². The van der Waals surface area contributed by atoms with Crippen LogP contribution in [0, 0.1) is 17.3 Å². The van der Waals surface area contributed by atoms with Gasteiger partial charge in [0.15, 0.2) is 0 Å². The van der Waals surface area contributed by atoms with Crippen LogP contribution in [0.25, 0.3) is 11.1 Å². The topological polar surface area (TPSA) is 105 Å². The van der Waals surface area contributed by atoms with Crippen LogP contribution in [-0.2, 0) is 14.3 Å². The van der Waals surface area contributed by atoms with Crippen LogP contribution in [0.5, 0.6) is 0 Å². The molecular weight excluding hydrogens is 432 g/mol. The van der Waals surface area contributed by atoms with Crippen molar-refractivity contribution < 1.29 is 24.2 Å². The van der Waals surface area contributed by atoms with Crippen molar-refractivity contribution >= 4 is 18.0 Å². The average Bonchev–Trinajstić information content (AvgIpc) is 3.22. The lowest BCUT2D eigenvalue weighted by molar-refractivity contribution is -0.146. The Hall–Kier alpha value is -3.35. The highest BCUT2D eigenvalue weighted by atomic mass is 16.5. The van der Waals surface area contributed by atoms with E-state index in [9.17, 15) is 14.4 Å². The summed E-state index contributed by atoms with van der Waals surface area (Å²) in [7, 11) is 0. The number of aliphatic carboxylic acids is 1. The zero-order chi connectivity index (χ0) is 23.4. The Morgan fingerprint density at radius 1 is 0.882 bits per heavy atom. The van der Waals surface area contributed by atoms with Gasteiger partial charge < -0.3 is 20.5 Å². The molecule has 0 unspecified atom stereocenters. The summed E-state index contributed by atoms with van der Waals surface area (Å²) in [5.74, 6) is -0.820. The minimum Gasteiger partial charge on any atom is -0.481 e. The Labute approximate surface area is 197 Å². The molecule has 4 aliphatic carbocycles. The minimum atomic E-state index is -0.791. The smallest absolute Gasteiger partial charge is 0.407 e. The van der Waals surface area contributed by atoms with Crippen molar-refractivity contribution in [1.82, 2.24) is 10.6 Å². The molecule has 0 aliphatic heterocycles. The van der Waals surface area contributed by atoms with E-state index in [4.69, 9.17) is 9.84 Å². The van der Waals surface area contributed by atoms with Gasteiger partial charge in [-0.25, -0.2) is 4.79 Å². The SMILES string of the molecule is O=C(N[C@H]1C[C@@H]2C[C@]2(C(=O)NC2CC(C(=O)O)C2)C1)OCC1c2ccccc2-c2ccccc21. The van der Waals surface area contributed by atoms with Crippen LogP contribution in [0.2, 0.25) is 0 Å². The molecule has 176 valence electrons. The molecule has 0 aromatic heterocycles. The van der Waals surface area contributed by atoms with Crippen LogP contribution < -0.4 is 10.6 Å². The molecule has 3 fully saturated rings. The Kier molecular flexibility index (Phi) is 4.90. The fraction of sp³-hybridized carbons (Fsp3) is 0.444. The van der Waals surface area contributed by atoms with E-state index in [0.717, 1.165) is 12.8 Å². The van der Waals surface area contributed by atoms with Gasteiger partial charge in [-0.1, -0.05) is 48.5 Å². The minimum absolute atomic E-state index is 0.0168. The van der Waals surface area contributed by atoms with E-state index in [2.05, 4.69) is 34.9 Å². The molecule has 0 spiro atoms. The number of hydrogen-bond acceptors (Lipinski definition) is 4. The van der Waals surface area contributed by atoms with Crippen molar-refractivity contribution in [1.29, 1.82) is 0 Å². The highest BCUT2D eigenvalue weighted by molar-refractivity contribution is 5.87. The highest BCUT2D eigenvalue weighted by Gasteiger charge is 2.65. The lowest BCUT2D eigenvalue weighted by Crippen LogP contribution is -2.49. The van der Waals surface area contributed by atoms with Gasteiger partial charge in [-0.05, 0) is 60.3 Å². The Balaban J connectivity index is 1.02. The number of amides is 2. The molecule has 3 saturated carbocycles. The van der Waals surface area contributed by atoms with Crippen molar-refractivity contribution in [2.75, 3.05) is 6.61 Å². The van der Waals surface area contributed by atoms with Crippen LogP contribution in [0.1, 0.15) is 49.1 Å². The van der Waals surface area contributed by atoms with Gasteiger partial charge in [0.05, 0.1) is 11.3 Å². The molecule has 6 rings (SSSR count). The monoisotopic (exact) mass is 460 g/mol. The van der Waals surface area contributed by atoms with Gasteiger partial charge in [-0.2, -0.15) is 0 Å². The fourth-order valence-electron chi connectivity index (χ4n) is 6.36. The van der Waals surface area contributed by atoms with E-state index in [1.165, 1.54) is 22.3 Å². The Morgan fingerprint density at radius 3 is 2.18 bits per heavy atom. The molecule has 0 bridgehead atoms. The fourth-order valence-corrected chi connectivity index (χ4v) is 6.36. The van der Waals surface area contributed by atoms with E-state index < -0.39 is 17.5 Å².